The normalized spacial score (nSPS) is 14.1. The average Bonchev–Trinajstić information content (AvgIpc) is 2.73. The number of carbonyl (C=O) groups excluding carboxylic acids is 1. The van der Waals surface area contributed by atoms with E-state index >= 15 is 0 Å². The number of fused-ring (bicyclic) bond motifs is 3. The van der Waals surface area contributed by atoms with Gasteiger partial charge < -0.3 is 10.4 Å². The summed E-state index contributed by atoms with van der Waals surface area (Å²) in [5.41, 5.74) is 4.98. The van der Waals surface area contributed by atoms with Gasteiger partial charge in [0.1, 0.15) is 6.54 Å². The van der Waals surface area contributed by atoms with Gasteiger partial charge >= 0.3 is 5.97 Å². The van der Waals surface area contributed by atoms with Crippen LogP contribution in [0.3, 0.4) is 0 Å². The molecule has 4 nitrogen and oxygen atoms in total. The van der Waals surface area contributed by atoms with Crippen LogP contribution >= 0.6 is 0 Å². The van der Waals surface area contributed by atoms with Gasteiger partial charge in [-0.05, 0) is 34.4 Å². The fourth-order valence-electron chi connectivity index (χ4n) is 3.10. The third kappa shape index (κ3) is 2.17. The maximum atomic E-state index is 12.1. The maximum Gasteiger partial charge on any atom is 0.322 e. The first-order chi connectivity index (χ1) is 10.4. The second-order valence-corrected chi connectivity index (χ2v) is 6.01. The van der Waals surface area contributed by atoms with Crippen LogP contribution in [0, 0.1) is 0 Å². The maximum absolute atomic E-state index is 12.1. The van der Waals surface area contributed by atoms with Crippen molar-refractivity contribution in [1.82, 2.24) is 5.32 Å². The molecule has 0 radical (unpaired) electrons. The first-order valence-electron chi connectivity index (χ1n) is 7.15. The largest absolute Gasteiger partial charge is 0.480 e. The number of carboxylic acid groups (broad SMARTS) is 1. The lowest BCUT2D eigenvalue weighted by Crippen LogP contribution is -2.29. The molecule has 1 aliphatic rings. The lowest BCUT2D eigenvalue weighted by atomic mass is 9.82. The number of carbonyl (C=O) groups is 2. The number of nitrogens with one attached hydrogen (secondary N) is 1. The van der Waals surface area contributed by atoms with Gasteiger partial charge in [0.25, 0.3) is 5.91 Å². The number of amides is 1. The zero-order chi connectivity index (χ0) is 15.9. The van der Waals surface area contributed by atoms with Crippen LogP contribution in [0.25, 0.3) is 11.1 Å². The monoisotopic (exact) mass is 295 g/mol. The van der Waals surface area contributed by atoms with E-state index in [9.17, 15) is 9.59 Å². The molecule has 0 unspecified atom stereocenters. The summed E-state index contributed by atoms with van der Waals surface area (Å²) >= 11 is 0. The van der Waals surface area contributed by atoms with Crippen LogP contribution in [0.4, 0.5) is 0 Å². The van der Waals surface area contributed by atoms with E-state index in [1.165, 1.54) is 11.1 Å². The predicted octanol–water partition coefficient (Wildman–Crippen LogP) is 2.81. The number of hydrogen-bond donors (Lipinski definition) is 2. The Morgan fingerprint density at radius 1 is 1.05 bits per heavy atom. The second kappa shape index (κ2) is 4.98. The first-order valence-corrected chi connectivity index (χ1v) is 7.15. The van der Waals surface area contributed by atoms with Crippen LogP contribution in [0.15, 0.2) is 42.5 Å². The highest BCUT2D eigenvalue weighted by atomic mass is 16.4. The number of carboxylic acids is 1. The summed E-state index contributed by atoms with van der Waals surface area (Å²) in [4.78, 5) is 22.6. The van der Waals surface area contributed by atoms with Crippen molar-refractivity contribution in [2.24, 2.45) is 0 Å². The minimum Gasteiger partial charge on any atom is -0.480 e. The SMILES string of the molecule is CC1(C)c2ccccc2-c2ccc(C(=O)NCC(=O)O)cc21. The Kier molecular flexibility index (Phi) is 3.24. The van der Waals surface area contributed by atoms with Crippen molar-refractivity contribution < 1.29 is 14.7 Å². The van der Waals surface area contributed by atoms with E-state index in [2.05, 4.69) is 31.3 Å². The molecule has 2 aromatic carbocycles. The van der Waals surface area contributed by atoms with E-state index in [0.29, 0.717) is 5.56 Å². The lowest BCUT2D eigenvalue weighted by molar-refractivity contribution is -0.135. The molecule has 2 N–H and O–H groups in total. The van der Waals surface area contributed by atoms with Gasteiger partial charge in [-0.25, -0.2) is 0 Å². The van der Waals surface area contributed by atoms with Crippen molar-refractivity contribution in [3.8, 4) is 11.1 Å². The van der Waals surface area contributed by atoms with Crippen molar-refractivity contribution in [3.63, 3.8) is 0 Å². The van der Waals surface area contributed by atoms with Crippen LogP contribution < -0.4 is 5.32 Å². The van der Waals surface area contributed by atoms with Crippen molar-refractivity contribution in [3.05, 3.63) is 59.2 Å². The summed E-state index contributed by atoms with van der Waals surface area (Å²) < 4.78 is 0. The minimum absolute atomic E-state index is 0.172. The van der Waals surface area contributed by atoms with Gasteiger partial charge in [-0.1, -0.05) is 44.2 Å². The highest BCUT2D eigenvalue weighted by Crippen LogP contribution is 2.48. The molecule has 112 valence electrons. The Bertz CT molecular complexity index is 778. The highest BCUT2D eigenvalue weighted by molar-refractivity contribution is 5.97. The van der Waals surface area contributed by atoms with E-state index in [4.69, 9.17) is 5.11 Å². The van der Waals surface area contributed by atoms with Crippen LogP contribution in [0.2, 0.25) is 0 Å². The molecule has 0 spiro atoms. The van der Waals surface area contributed by atoms with Gasteiger partial charge in [-0.15, -0.1) is 0 Å². The van der Waals surface area contributed by atoms with E-state index in [0.717, 1.165) is 11.1 Å². The zero-order valence-corrected chi connectivity index (χ0v) is 12.5. The van der Waals surface area contributed by atoms with E-state index in [1.54, 1.807) is 6.07 Å². The van der Waals surface area contributed by atoms with Crippen LogP contribution in [-0.4, -0.2) is 23.5 Å². The fraction of sp³-hybridized carbons (Fsp3) is 0.222. The van der Waals surface area contributed by atoms with Crippen molar-refractivity contribution in [1.29, 1.82) is 0 Å². The van der Waals surface area contributed by atoms with Crippen molar-refractivity contribution in [2.45, 2.75) is 19.3 Å². The summed E-state index contributed by atoms with van der Waals surface area (Å²) in [6, 6.07) is 13.8. The quantitative estimate of drug-likeness (QED) is 0.915. The van der Waals surface area contributed by atoms with Crippen LogP contribution in [0.5, 0.6) is 0 Å². The molecule has 3 rings (SSSR count). The molecule has 0 aromatic heterocycles. The van der Waals surface area contributed by atoms with Crippen molar-refractivity contribution in [2.75, 3.05) is 6.54 Å². The second-order valence-electron chi connectivity index (χ2n) is 6.01. The molecular formula is C18H17NO3. The Morgan fingerprint density at radius 2 is 1.73 bits per heavy atom. The number of benzene rings is 2. The average molecular weight is 295 g/mol. The zero-order valence-electron chi connectivity index (χ0n) is 12.5. The lowest BCUT2D eigenvalue weighted by Gasteiger charge is -2.21. The highest BCUT2D eigenvalue weighted by Gasteiger charge is 2.35. The molecule has 0 fully saturated rings. The summed E-state index contributed by atoms with van der Waals surface area (Å²) in [6.07, 6.45) is 0. The molecule has 22 heavy (non-hydrogen) atoms. The topological polar surface area (TPSA) is 66.4 Å². The van der Waals surface area contributed by atoms with Gasteiger partial charge in [0.15, 0.2) is 0 Å². The van der Waals surface area contributed by atoms with Gasteiger partial charge in [0, 0.05) is 11.0 Å². The Hall–Kier alpha value is -2.62. The molecule has 0 aliphatic heterocycles. The van der Waals surface area contributed by atoms with Crippen molar-refractivity contribution >= 4 is 11.9 Å². The fourth-order valence-corrected chi connectivity index (χ4v) is 3.10. The molecule has 2 aromatic rings. The van der Waals surface area contributed by atoms with E-state index < -0.39 is 5.97 Å². The van der Waals surface area contributed by atoms with E-state index in [1.807, 2.05) is 24.3 Å². The van der Waals surface area contributed by atoms with Gasteiger partial charge in [-0.3, -0.25) is 9.59 Å². The molecule has 0 heterocycles. The standard InChI is InChI=1S/C18H17NO3/c1-18(2)14-6-4-3-5-12(14)13-8-7-11(9-15(13)18)17(22)19-10-16(20)21/h3-9H,10H2,1-2H3,(H,19,22)(H,20,21). The summed E-state index contributed by atoms with van der Waals surface area (Å²) in [6.45, 7) is 3.90. The molecule has 0 saturated carbocycles. The number of aliphatic carboxylic acids is 1. The minimum atomic E-state index is -1.05. The summed E-state index contributed by atoms with van der Waals surface area (Å²) in [5.74, 6) is -1.42. The summed E-state index contributed by atoms with van der Waals surface area (Å²) in [5, 5.41) is 11.1. The Morgan fingerprint density at radius 3 is 2.45 bits per heavy atom. The Balaban J connectivity index is 2.01. The molecule has 4 heteroatoms. The number of hydrogen-bond acceptors (Lipinski definition) is 2. The third-order valence-electron chi connectivity index (χ3n) is 4.25. The van der Waals surface area contributed by atoms with Crippen LogP contribution in [-0.2, 0) is 10.2 Å². The molecule has 0 bridgehead atoms. The molecule has 1 aliphatic carbocycles. The predicted molar refractivity (Wildman–Crippen MR) is 84.0 cm³/mol. The molecular weight excluding hydrogens is 278 g/mol. The molecule has 0 atom stereocenters. The Labute approximate surface area is 128 Å². The first kappa shape index (κ1) is 14.3. The molecule has 0 saturated heterocycles. The number of rotatable bonds is 3. The van der Waals surface area contributed by atoms with Gasteiger partial charge in [0.2, 0.25) is 0 Å². The van der Waals surface area contributed by atoms with Gasteiger partial charge in [0.05, 0.1) is 0 Å². The summed E-state index contributed by atoms with van der Waals surface area (Å²) in [7, 11) is 0. The van der Waals surface area contributed by atoms with Crippen LogP contribution in [0.1, 0.15) is 35.3 Å². The molecule has 1 amide bonds. The van der Waals surface area contributed by atoms with E-state index in [-0.39, 0.29) is 17.9 Å². The third-order valence-corrected chi connectivity index (χ3v) is 4.25. The smallest absolute Gasteiger partial charge is 0.322 e. The van der Waals surface area contributed by atoms with Gasteiger partial charge in [-0.2, -0.15) is 0 Å².